The number of rotatable bonds is 3. The average Bonchev–Trinajstić information content (AvgIpc) is 2.71. The van der Waals surface area contributed by atoms with Gasteiger partial charge in [0.25, 0.3) is 0 Å². The zero-order valence-corrected chi connectivity index (χ0v) is 8.16. The minimum atomic E-state index is 0.435. The molecular weight excluding hydrogens is 168 g/mol. The Morgan fingerprint density at radius 3 is 2.83 bits per heavy atom. The Morgan fingerprint density at radius 2 is 2.42 bits per heavy atom. The molecule has 0 unspecified atom stereocenters. The summed E-state index contributed by atoms with van der Waals surface area (Å²) < 4.78 is 0. The van der Waals surface area contributed by atoms with Crippen LogP contribution in [0.25, 0.3) is 0 Å². The highest BCUT2D eigenvalue weighted by atomic mass is 32.1. The second-order valence-corrected chi connectivity index (χ2v) is 4.71. The number of hydrogen-bond acceptors (Lipinski definition) is 3. The van der Waals surface area contributed by atoms with E-state index in [-0.39, 0.29) is 0 Å². The summed E-state index contributed by atoms with van der Waals surface area (Å²) in [6, 6.07) is 0. The van der Waals surface area contributed by atoms with E-state index in [1.54, 1.807) is 11.3 Å². The first-order valence-corrected chi connectivity index (χ1v) is 5.23. The molecule has 1 heterocycles. The van der Waals surface area contributed by atoms with Crippen LogP contribution in [0.3, 0.4) is 0 Å². The van der Waals surface area contributed by atoms with Crippen LogP contribution in [-0.4, -0.2) is 11.5 Å². The van der Waals surface area contributed by atoms with Crippen LogP contribution >= 0.6 is 11.3 Å². The van der Waals surface area contributed by atoms with Crippen LogP contribution in [0.4, 0.5) is 0 Å². The highest BCUT2D eigenvalue weighted by molar-refractivity contribution is 7.09. The second-order valence-electron chi connectivity index (χ2n) is 3.76. The van der Waals surface area contributed by atoms with Crippen LogP contribution in [0, 0.1) is 12.3 Å². The van der Waals surface area contributed by atoms with Gasteiger partial charge in [0.05, 0.1) is 5.01 Å². The third kappa shape index (κ3) is 1.52. The van der Waals surface area contributed by atoms with Crippen LogP contribution in [0.1, 0.15) is 23.5 Å². The van der Waals surface area contributed by atoms with E-state index in [0.717, 1.165) is 18.7 Å². The van der Waals surface area contributed by atoms with Gasteiger partial charge in [-0.05, 0) is 31.7 Å². The van der Waals surface area contributed by atoms with E-state index in [2.05, 4.69) is 10.4 Å². The molecule has 0 spiro atoms. The number of thiazole rings is 1. The summed E-state index contributed by atoms with van der Waals surface area (Å²) in [6.07, 6.45) is 3.69. The minimum Gasteiger partial charge on any atom is -0.330 e. The predicted molar refractivity (Wildman–Crippen MR) is 51.3 cm³/mol. The maximum Gasteiger partial charge on any atom is 0.0934 e. The van der Waals surface area contributed by atoms with Gasteiger partial charge in [-0.1, -0.05) is 0 Å². The molecule has 0 atom stereocenters. The van der Waals surface area contributed by atoms with Crippen LogP contribution in [0.5, 0.6) is 0 Å². The van der Waals surface area contributed by atoms with Crippen LogP contribution in [0.2, 0.25) is 0 Å². The Labute approximate surface area is 76.8 Å². The molecule has 2 rings (SSSR count). The first kappa shape index (κ1) is 8.20. The molecule has 12 heavy (non-hydrogen) atoms. The zero-order chi connectivity index (χ0) is 8.60. The largest absolute Gasteiger partial charge is 0.330 e. The number of aryl methyl sites for hydroxylation is 1. The van der Waals surface area contributed by atoms with Crippen molar-refractivity contribution >= 4 is 11.3 Å². The van der Waals surface area contributed by atoms with Gasteiger partial charge >= 0.3 is 0 Å². The lowest BCUT2D eigenvalue weighted by Gasteiger charge is -2.08. The number of hydrogen-bond donors (Lipinski definition) is 1. The molecule has 1 fully saturated rings. The summed E-state index contributed by atoms with van der Waals surface area (Å²) in [5.74, 6) is 0. The maximum absolute atomic E-state index is 5.70. The average molecular weight is 182 g/mol. The highest BCUT2D eigenvalue weighted by Gasteiger charge is 2.41. The summed E-state index contributed by atoms with van der Waals surface area (Å²) in [6.45, 7) is 2.87. The standard InChI is InChI=1S/C9H14N2S/c1-7-5-12-8(11-7)4-9(6-10)2-3-9/h5H,2-4,6,10H2,1H3. The molecule has 0 radical (unpaired) electrons. The fourth-order valence-electron chi connectivity index (χ4n) is 1.43. The van der Waals surface area contributed by atoms with Crippen LogP contribution in [-0.2, 0) is 6.42 Å². The molecule has 2 N–H and O–H groups in total. The number of nitrogens with zero attached hydrogens (tertiary/aromatic N) is 1. The van der Waals surface area contributed by atoms with Gasteiger partial charge in [-0.2, -0.15) is 0 Å². The molecule has 1 aromatic heterocycles. The highest BCUT2D eigenvalue weighted by Crippen LogP contribution is 2.47. The molecular formula is C9H14N2S. The SMILES string of the molecule is Cc1csc(CC2(CN)CC2)n1. The van der Waals surface area contributed by atoms with E-state index < -0.39 is 0 Å². The molecule has 0 aromatic carbocycles. The molecule has 0 amide bonds. The molecule has 1 aliphatic rings. The van der Waals surface area contributed by atoms with E-state index >= 15 is 0 Å². The van der Waals surface area contributed by atoms with E-state index in [1.807, 2.05) is 6.92 Å². The van der Waals surface area contributed by atoms with Gasteiger partial charge < -0.3 is 5.73 Å². The topological polar surface area (TPSA) is 38.9 Å². The molecule has 2 nitrogen and oxygen atoms in total. The molecule has 0 saturated heterocycles. The van der Waals surface area contributed by atoms with E-state index in [4.69, 9.17) is 5.73 Å². The fraction of sp³-hybridized carbons (Fsp3) is 0.667. The molecule has 1 aromatic rings. The van der Waals surface area contributed by atoms with Crippen molar-refractivity contribution < 1.29 is 0 Å². The van der Waals surface area contributed by atoms with Gasteiger partial charge in [0.1, 0.15) is 0 Å². The van der Waals surface area contributed by atoms with E-state index in [0.29, 0.717) is 5.41 Å². The van der Waals surface area contributed by atoms with Crippen molar-refractivity contribution in [2.45, 2.75) is 26.2 Å². The van der Waals surface area contributed by atoms with Crippen molar-refractivity contribution in [2.75, 3.05) is 6.54 Å². The molecule has 0 bridgehead atoms. The van der Waals surface area contributed by atoms with E-state index in [9.17, 15) is 0 Å². The number of nitrogens with two attached hydrogens (primary N) is 1. The predicted octanol–water partition coefficient (Wildman–Crippen LogP) is 1.73. The number of aromatic nitrogens is 1. The Hall–Kier alpha value is -0.410. The summed E-state index contributed by atoms with van der Waals surface area (Å²) in [4.78, 5) is 4.45. The lowest BCUT2D eigenvalue weighted by Crippen LogP contribution is -2.17. The Bertz CT molecular complexity index is 276. The third-order valence-corrected chi connectivity index (χ3v) is 3.55. The van der Waals surface area contributed by atoms with Gasteiger partial charge in [-0.25, -0.2) is 4.98 Å². The van der Waals surface area contributed by atoms with Gasteiger partial charge in [0, 0.05) is 17.5 Å². The quantitative estimate of drug-likeness (QED) is 0.773. The summed E-state index contributed by atoms with van der Waals surface area (Å²) in [5.41, 5.74) is 7.28. The van der Waals surface area contributed by atoms with Crippen LogP contribution < -0.4 is 5.73 Å². The summed E-state index contributed by atoms with van der Waals surface area (Å²) in [5, 5.41) is 3.37. The first-order valence-electron chi connectivity index (χ1n) is 4.35. The van der Waals surface area contributed by atoms with Crippen molar-refractivity contribution in [1.29, 1.82) is 0 Å². The first-order chi connectivity index (χ1) is 5.74. The maximum atomic E-state index is 5.70. The summed E-state index contributed by atoms with van der Waals surface area (Å²) >= 11 is 1.77. The zero-order valence-electron chi connectivity index (χ0n) is 7.34. The lowest BCUT2D eigenvalue weighted by molar-refractivity contribution is 0.519. The summed E-state index contributed by atoms with van der Waals surface area (Å²) in [7, 11) is 0. The molecule has 0 aliphatic heterocycles. The molecule has 1 saturated carbocycles. The van der Waals surface area contributed by atoms with Crippen LogP contribution in [0.15, 0.2) is 5.38 Å². The van der Waals surface area contributed by atoms with Crippen molar-refractivity contribution in [3.05, 3.63) is 16.1 Å². The molecule has 1 aliphatic carbocycles. The third-order valence-electron chi connectivity index (χ3n) is 2.58. The van der Waals surface area contributed by atoms with Crippen molar-refractivity contribution in [3.63, 3.8) is 0 Å². The minimum absolute atomic E-state index is 0.435. The van der Waals surface area contributed by atoms with Crippen molar-refractivity contribution in [1.82, 2.24) is 4.98 Å². The Morgan fingerprint density at radius 1 is 1.67 bits per heavy atom. The lowest BCUT2D eigenvalue weighted by atomic mass is 10.0. The van der Waals surface area contributed by atoms with Crippen molar-refractivity contribution in [2.24, 2.45) is 11.1 Å². The van der Waals surface area contributed by atoms with Gasteiger partial charge in [0.15, 0.2) is 0 Å². The molecule has 3 heteroatoms. The smallest absolute Gasteiger partial charge is 0.0934 e. The van der Waals surface area contributed by atoms with Gasteiger partial charge in [0.2, 0.25) is 0 Å². The second kappa shape index (κ2) is 2.82. The fourth-order valence-corrected chi connectivity index (χ4v) is 2.38. The monoisotopic (exact) mass is 182 g/mol. The Kier molecular flexibility index (Phi) is 1.93. The van der Waals surface area contributed by atoms with Gasteiger partial charge in [-0.3, -0.25) is 0 Å². The normalized spacial score (nSPS) is 19.5. The Balaban J connectivity index is 2.04. The van der Waals surface area contributed by atoms with E-state index in [1.165, 1.54) is 17.8 Å². The molecule has 66 valence electrons. The van der Waals surface area contributed by atoms with Gasteiger partial charge in [-0.15, -0.1) is 11.3 Å². The van der Waals surface area contributed by atoms with Crippen molar-refractivity contribution in [3.8, 4) is 0 Å².